The minimum atomic E-state index is 0.294. The van der Waals surface area contributed by atoms with Gasteiger partial charge in [-0.05, 0) is 45.2 Å². The Bertz CT molecular complexity index is 124. The highest BCUT2D eigenvalue weighted by atomic mass is 35.5. The molecular weight excluding hydrogens is 186 g/mol. The zero-order valence-electron chi connectivity index (χ0n) is 8.39. The van der Waals surface area contributed by atoms with Crippen molar-refractivity contribution in [3.8, 4) is 0 Å². The summed E-state index contributed by atoms with van der Waals surface area (Å²) >= 11 is 5.84. The van der Waals surface area contributed by atoms with Gasteiger partial charge in [-0.25, -0.2) is 0 Å². The summed E-state index contributed by atoms with van der Waals surface area (Å²) in [4.78, 5) is 0. The van der Waals surface area contributed by atoms with Crippen LogP contribution in [0.5, 0.6) is 0 Å². The molecule has 0 radical (unpaired) electrons. The van der Waals surface area contributed by atoms with Gasteiger partial charge in [-0.1, -0.05) is 0 Å². The van der Waals surface area contributed by atoms with Crippen LogP contribution in [0, 0.1) is 5.92 Å². The third-order valence-corrected chi connectivity index (χ3v) is 2.71. The van der Waals surface area contributed by atoms with E-state index in [1.807, 2.05) is 6.92 Å². The lowest BCUT2D eigenvalue weighted by atomic mass is 10.0. The lowest BCUT2D eigenvalue weighted by molar-refractivity contribution is 0.0663. The maximum atomic E-state index is 5.84. The first-order valence-corrected chi connectivity index (χ1v) is 5.65. The molecule has 1 fully saturated rings. The molecule has 0 amide bonds. The van der Waals surface area contributed by atoms with Crippen molar-refractivity contribution in [3.05, 3.63) is 0 Å². The Labute approximate surface area is 86.0 Å². The maximum Gasteiger partial charge on any atom is 0.0469 e. The predicted molar refractivity (Wildman–Crippen MR) is 56.3 cm³/mol. The van der Waals surface area contributed by atoms with E-state index in [0.717, 1.165) is 38.6 Å². The molecule has 1 aliphatic rings. The molecule has 0 bridgehead atoms. The third-order valence-electron chi connectivity index (χ3n) is 2.49. The second-order valence-electron chi connectivity index (χ2n) is 3.83. The van der Waals surface area contributed by atoms with Gasteiger partial charge in [0.2, 0.25) is 0 Å². The van der Waals surface area contributed by atoms with Crippen molar-refractivity contribution in [2.24, 2.45) is 5.92 Å². The van der Waals surface area contributed by atoms with E-state index in [4.69, 9.17) is 16.3 Å². The first-order valence-electron chi connectivity index (χ1n) is 5.21. The van der Waals surface area contributed by atoms with E-state index in [0.29, 0.717) is 5.38 Å². The van der Waals surface area contributed by atoms with Gasteiger partial charge in [-0.3, -0.25) is 0 Å². The fourth-order valence-electron chi connectivity index (χ4n) is 1.56. The summed E-state index contributed by atoms with van der Waals surface area (Å²) in [5.74, 6) is 0.819. The molecule has 1 unspecified atom stereocenters. The molecule has 0 aromatic heterocycles. The number of nitrogens with one attached hydrogen (secondary N) is 1. The van der Waals surface area contributed by atoms with Gasteiger partial charge in [0.1, 0.15) is 0 Å². The first-order chi connectivity index (χ1) is 6.29. The molecule has 0 saturated carbocycles. The second kappa shape index (κ2) is 6.63. The highest BCUT2D eigenvalue weighted by molar-refractivity contribution is 6.20. The summed E-state index contributed by atoms with van der Waals surface area (Å²) in [5.41, 5.74) is 0. The zero-order valence-corrected chi connectivity index (χ0v) is 9.15. The number of halogens is 1. The molecule has 78 valence electrons. The van der Waals surface area contributed by atoms with Gasteiger partial charge in [-0.2, -0.15) is 0 Å². The van der Waals surface area contributed by atoms with Crippen molar-refractivity contribution in [2.75, 3.05) is 26.3 Å². The molecule has 2 nitrogen and oxygen atoms in total. The monoisotopic (exact) mass is 205 g/mol. The summed E-state index contributed by atoms with van der Waals surface area (Å²) in [6, 6.07) is 0. The maximum absolute atomic E-state index is 5.84. The van der Waals surface area contributed by atoms with Gasteiger partial charge in [0.05, 0.1) is 0 Å². The van der Waals surface area contributed by atoms with Gasteiger partial charge >= 0.3 is 0 Å². The molecule has 1 aliphatic heterocycles. The fourth-order valence-corrected chi connectivity index (χ4v) is 1.67. The van der Waals surface area contributed by atoms with Gasteiger partial charge < -0.3 is 10.1 Å². The summed E-state index contributed by atoms with van der Waals surface area (Å²) in [5, 5.41) is 3.74. The highest BCUT2D eigenvalue weighted by Gasteiger charge is 2.12. The molecule has 1 atom stereocenters. The molecule has 1 heterocycles. The van der Waals surface area contributed by atoms with Crippen LogP contribution in [-0.4, -0.2) is 31.7 Å². The van der Waals surface area contributed by atoms with Crippen LogP contribution in [-0.2, 0) is 4.74 Å². The number of rotatable bonds is 5. The van der Waals surface area contributed by atoms with Crippen molar-refractivity contribution < 1.29 is 4.74 Å². The van der Waals surface area contributed by atoms with Crippen molar-refractivity contribution in [1.29, 1.82) is 0 Å². The van der Waals surface area contributed by atoms with Gasteiger partial charge in [0, 0.05) is 18.6 Å². The average molecular weight is 206 g/mol. The largest absolute Gasteiger partial charge is 0.381 e. The van der Waals surface area contributed by atoms with Gasteiger partial charge in [0.25, 0.3) is 0 Å². The Kier molecular flexibility index (Phi) is 5.76. The molecule has 3 heteroatoms. The molecule has 1 N–H and O–H groups in total. The molecule has 0 aromatic carbocycles. The van der Waals surface area contributed by atoms with Crippen LogP contribution in [0.15, 0.2) is 0 Å². The van der Waals surface area contributed by atoms with Crippen LogP contribution in [0.1, 0.15) is 26.2 Å². The Balaban J connectivity index is 1.92. The van der Waals surface area contributed by atoms with Crippen LogP contribution < -0.4 is 5.32 Å². The number of alkyl halides is 1. The number of hydrogen-bond acceptors (Lipinski definition) is 2. The molecule has 1 saturated heterocycles. The van der Waals surface area contributed by atoms with E-state index in [1.54, 1.807) is 0 Å². The van der Waals surface area contributed by atoms with Crippen molar-refractivity contribution in [1.82, 2.24) is 5.32 Å². The van der Waals surface area contributed by atoms with Crippen LogP contribution in [0.4, 0.5) is 0 Å². The topological polar surface area (TPSA) is 21.3 Å². The summed E-state index contributed by atoms with van der Waals surface area (Å²) in [6.45, 7) is 6.10. The van der Waals surface area contributed by atoms with Crippen LogP contribution in [0.25, 0.3) is 0 Å². The Morgan fingerprint density at radius 3 is 2.77 bits per heavy atom. The van der Waals surface area contributed by atoms with Gasteiger partial charge in [-0.15, -0.1) is 11.6 Å². The Hall–Kier alpha value is 0.210. The number of hydrogen-bond donors (Lipinski definition) is 1. The van der Waals surface area contributed by atoms with Crippen molar-refractivity contribution >= 4 is 11.6 Å². The number of ether oxygens (including phenoxy) is 1. The lowest BCUT2D eigenvalue weighted by Gasteiger charge is -2.22. The molecule has 1 rings (SSSR count). The summed E-state index contributed by atoms with van der Waals surface area (Å²) in [6.07, 6.45) is 3.48. The van der Waals surface area contributed by atoms with E-state index in [-0.39, 0.29) is 0 Å². The van der Waals surface area contributed by atoms with Crippen LogP contribution >= 0.6 is 11.6 Å². The average Bonchev–Trinajstić information content (AvgIpc) is 2.14. The molecule has 0 spiro atoms. The molecule has 13 heavy (non-hydrogen) atoms. The fraction of sp³-hybridized carbons (Fsp3) is 1.00. The molecule has 0 aromatic rings. The lowest BCUT2D eigenvalue weighted by Crippen LogP contribution is -2.29. The second-order valence-corrected chi connectivity index (χ2v) is 4.57. The SMILES string of the molecule is CC(Cl)CCNCC1CCOCC1. The quantitative estimate of drug-likeness (QED) is 0.548. The van der Waals surface area contributed by atoms with E-state index in [1.165, 1.54) is 12.8 Å². The van der Waals surface area contributed by atoms with Crippen molar-refractivity contribution in [2.45, 2.75) is 31.6 Å². The van der Waals surface area contributed by atoms with E-state index in [9.17, 15) is 0 Å². The normalized spacial score (nSPS) is 21.7. The summed E-state index contributed by atoms with van der Waals surface area (Å²) < 4.78 is 5.30. The van der Waals surface area contributed by atoms with Crippen molar-refractivity contribution in [3.63, 3.8) is 0 Å². The minimum absolute atomic E-state index is 0.294. The third kappa shape index (κ3) is 5.50. The van der Waals surface area contributed by atoms with E-state index < -0.39 is 0 Å². The van der Waals surface area contributed by atoms with E-state index >= 15 is 0 Å². The van der Waals surface area contributed by atoms with Gasteiger partial charge in [0.15, 0.2) is 0 Å². The summed E-state index contributed by atoms with van der Waals surface area (Å²) in [7, 11) is 0. The Morgan fingerprint density at radius 1 is 1.46 bits per heavy atom. The molecule has 0 aliphatic carbocycles. The van der Waals surface area contributed by atoms with Crippen LogP contribution in [0.2, 0.25) is 0 Å². The van der Waals surface area contributed by atoms with Crippen LogP contribution in [0.3, 0.4) is 0 Å². The molecular formula is C10H20ClNO. The smallest absolute Gasteiger partial charge is 0.0469 e. The predicted octanol–water partition coefficient (Wildman–Crippen LogP) is 2.02. The van der Waals surface area contributed by atoms with E-state index in [2.05, 4.69) is 5.32 Å². The highest BCUT2D eigenvalue weighted by Crippen LogP contribution is 2.13. The zero-order chi connectivity index (χ0) is 9.52. The standard InChI is InChI=1S/C10H20ClNO/c1-9(11)2-5-12-8-10-3-6-13-7-4-10/h9-10,12H,2-8H2,1H3. The minimum Gasteiger partial charge on any atom is -0.381 e. The Morgan fingerprint density at radius 2 is 2.15 bits per heavy atom. The first kappa shape index (κ1) is 11.3.